The van der Waals surface area contributed by atoms with Crippen LogP contribution in [0.4, 0.5) is 0 Å². The van der Waals surface area contributed by atoms with E-state index in [0.717, 1.165) is 5.69 Å². The van der Waals surface area contributed by atoms with E-state index in [4.69, 9.17) is 0 Å². The molecular formula is C10H17N3O. The molecule has 1 aromatic heterocycles. The molecule has 0 saturated heterocycles. The van der Waals surface area contributed by atoms with E-state index < -0.39 is 0 Å². The Balaban J connectivity index is 2.59. The molecule has 1 aromatic rings. The monoisotopic (exact) mass is 195 g/mol. The Kier molecular flexibility index (Phi) is 2.93. The lowest BCUT2D eigenvalue weighted by Crippen LogP contribution is -2.36. The topological polar surface area (TPSA) is 49.0 Å². The summed E-state index contributed by atoms with van der Waals surface area (Å²) in [6.07, 6.45) is 3.34. The van der Waals surface area contributed by atoms with Crippen molar-refractivity contribution in [3.8, 4) is 0 Å². The van der Waals surface area contributed by atoms with Crippen LogP contribution < -0.4 is 0 Å². The number of hydrogen-bond acceptors (Lipinski definition) is 2. The van der Waals surface area contributed by atoms with Crippen LogP contribution in [0, 0.1) is 5.41 Å². The smallest absolute Gasteiger partial charge is 0.228 e. The van der Waals surface area contributed by atoms with Gasteiger partial charge in [-0.3, -0.25) is 4.79 Å². The van der Waals surface area contributed by atoms with Crippen molar-refractivity contribution < 1.29 is 4.79 Å². The largest absolute Gasteiger partial charge is 0.347 e. The van der Waals surface area contributed by atoms with Crippen LogP contribution in [0.1, 0.15) is 26.5 Å². The zero-order chi connectivity index (χ0) is 10.8. The minimum Gasteiger partial charge on any atom is -0.347 e. The lowest BCUT2D eigenvalue weighted by Gasteiger charge is -2.25. The molecule has 0 atom stereocenters. The Hall–Kier alpha value is -1.32. The highest BCUT2D eigenvalue weighted by atomic mass is 16.2. The molecule has 1 rings (SSSR count). The Morgan fingerprint density at radius 1 is 1.57 bits per heavy atom. The summed E-state index contributed by atoms with van der Waals surface area (Å²) >= 11 is 0. The standard InChI is InChI=1S/C10H17N3O/c1-10(2,3)9(14)13(4)6-8-5-11-7-12-8/h5,7H,6H2,1-4H3,(H,11,12). The average molecular weight is 195 g/mol. The third-order valence-corrected chi connectivity index (χ3v) is 1.95. The second kappa shape index (κ2) is 3.82. The number of carbonyl (C=O) groups excluding carboxylic acids is 1. The maximum Gasteiger partial charge on any atom is 0.228 e. The van der Waals surface area contributed by atoms with E-state index in [1.165, 1.54) is 0 Å². The van der Waals surface area contributed by atoms with E-state index in [2.05, 4.69) is 9.97 Å². The quantitative estimate of drug-likeness (QED) is 0.775. The molecule has 14 heavy (non-hydrogen) atoms. The van der Waals surface area contributed by atoms with E-state index >= 15 is 0 Å². The van der Waals surface area contributed by atoms with Gasteiger partial charge in [0.1, 0.15) is 0 Å². The molecule has 0 aliphatic carbocycles. The summed E-state index contributed by atoms with van der Waals surface area (Å²) in [6.45, 7) is 6.33. The predicted octanol–water partition coefficient (Wildman–Crippen LogP) is 1.41. The number of aromatic nitrogens is 2. The molecule has 0 spiro atoms. The fourth-order valence-corrected chi connectivity index (χ4v) is 1.27. The van der Waals surface area contributed by atoms with Crippen molar-refractivity contribution in [2.24, 2.45) is 5.41 Å². The molecule has 78 valence electrons. The Bertz CT molecular complexity index is 298. The second-order valence-corrected chi connectivity index (χ2v) is 4.49. The summed E-state index contributed by atoms with van der Waals surface area (Å²) < 4.78 is 0. The predicted molar refractivity (Wildman–Crippen MR) is 54.5 cm³/mol. The average Bonchev–Trinajstić information content (AvgIpc) is 2.53. The molecule has 0 aliphatic heterocycles. The first-order valence-electron chi connectivity index (χ1n) is 4.64. The molecule has 0 bridgehead atoms. The van der Waals surface area contributed by atoms with Gasteiger partial charge in [0, 0.05) is 18.7 Å². The van der Waals surface area contributed by atoms with Gasteiger partial charge in [-0.15, -0.1) is 0 Å². The SMILES string of the molecule is CN(Cc1cnc[nH]1)C(=O)C(C)(C)C. The van der Waals surface area contributed by atoms with E-state index in [9.17, 15) is 4.79 Å². The van der Waals surface area contributed by atoms with Gasteiger partial charge in [0.25, 0.3) is 0 Å². The van der Waals surface area contributed by atoms with Crippen LogP contribution in [0.25, 0.3) is 0 Å². The maximum atomic E-state index is 11.8. The van der Waals surface area contributed by atoms with Crippen LogP contribution in [0.3, 0.4) is 0 Å². The van der Waals surface area contributed by atoms with Crippen LogP contribution in [0.2, 0.25) is 0 Å². The highest BCUT2D eigenvalue weighted by Gasteiger charge is 2.24. The van der Waals surface area contributed by atoms with Crippen molar-refractivity contribution in [1.29, 1.82) is 0 Å². The number of nitrogens with one attached hydrogen (secondary N) is 1. The fourth-order valence-electron chi connectivity index (χ4n) is 1.27. The first-order valence-corrected chi connectivity index (χ1v) is 4.64. The lowest BCUT2D eigenvalue weighted by atomic mass is 9.95. The van der Waals surface area contributed by atoms with Gasteiger partial charge in [-0.2, -0.15) is 0 Å². The zero-order valence-electron chi connectivity index (χ0n) is 9.16. The summed E-state index contributed by atoms with van der Waals surface area (Å²) in [7, 11) is 1.80. The first kappa shape index (κ1) is 10.8. The van der Waals surface area contributed by atoms with Crippen molar-refractivity contribution in [2.45, 2.75) is 27.3 Å². The van der Waals surface area contributed by atoms with E-state index in [1.54, 1.807) is 24.5 Å². The highest BCUT2D eigenvalue weighted by molar-refractivity contribution is 5.81. The number of amides is 1. The molecule has 0 aliphatic rings. The van der Waals surface area contributed by atoms with Gasteiger partial charge in [0.05, 0.1) is 18.6 Å². The third kappa shape index (κ3) is 2.58. The highest BCUT2D eigenvalue weighted by Crippen LogP contribution is 2.17. The summed E-state index contributed by atoms with van der Waals surface area (Å²) in [5.41, 5.74) is 0.625. The number of rotatable bonds is 2. The van der Waals surface area contributed by atoms with Crippen LogP contribution in [0.15, 0.2) is 12.5 Å². The first-order chi connectivity index (χ1) is 6.41. The molecule has 1 N–H and O–H groups in total. The normalized spacial score (nSPS) is 11.4. The Labute approximate surface area is 84.3 Å². The molecule has 0 unspecified atom stereocenters. The number of aromatic amines is 1. The van der Waals surface area contributed by atoms with Gasteiger partial charge in [0.2, 0.25) is 5.91 Å². The van der Waals surface area contributed by atoms with Crippen LogP contribution in [-0.2, 0) is 11.3 Å². The van der Waals surface area contributed by atoms with E-state index in [0.29, 0.717) is 6.54 Å². The van der Waals surface area contributed by atoms with Gasteiger partial charge in [-0.05, 0) is 0 Å². The Morgan fingerprint density at radius 2 is 2.21 bits per heavy atom. The summed E-state index contributed by atoms with van der Waals surface area (Å²) in [5.74, 6) is 0.132. The molecule has 4 heteroatoms. The number of nitrogens with zero attached hydrogens (tertiary/aromatic N) is 2. The number of hydrogen-bond donors (Lipinski definition) is 1. The summed E-state index contributed by atoms with van der Waals surface area (Å²) in [5, 5.41) is 0. The molecule has 0 saturated carbocycles. The second-order valence-electron chi connectivity index (χ2n) is 4.49. The van der Waals surface area contributed by atoms with Crippen molar-refractivity contribution in [3.63, 3.8) is 0 Å². The fraction of sp³-hybridized carbons (Fsp3) is 0.600. The van der Waals surface area contributed by atoms with Gasteiger partial charge >= 0.3 is 0 Å². The third-order valence-electron chi connectivity index (χ3n) is 1.95. The molecule has 1 heterocycles. The lowest BCUT2D eigenvalue weighted by molar-refractivity contribution is -0.138. The molecule has 0 aromatic carbocycles. The van der Waals surface area contributed by atoms with Crippen molar-refractivity contribution in [2.75, 3.05) is 7.05 Å². The Morgan fingerprint density at radius 3 is 2.64 bits per heavy atom. The van der Waals surface area contributed by atoms with Gasteiger partial charge < -0.3 is 9.88 Å². The number of carbonyl (C=O) groups is 1. The minimum atomic E-state index is -0.325. The van der Waals surface area contributed by atoms with Crippen molar-refractivity contribution >= 4 is 5.91 Å². The van der Waals surface area contributed by atoms with Crippen molar-refractivity contribution in [1.82, 2.24) is 14.9 Å². The zero-order valence-corrected chi connectivity index (χ0v) is 9.16. The molecule has 4 nitrogen and oxygen atoms in total. The number of H-pyrrole nitrogens is 1. The van der Waals surface area contributed by atoms with Gasteiger partial charge in [-0.1, -0.05) is 20.8 Å². The minimum absolute atomic E-state index is 0.132. The maximum absolute atomic E-state index is 11.8. The van der Waals surface area contributed by atoms with E-state index in [1.807, 2.05) is 20.8 Å². The van der Waals surface area contributed by atoms with E-state index in [-0.39, 0.29) is 11.3 Å². The van der Waals surface area contributed by atoms with Gasteiger partial charge in [-0.25, -0.2) is 4.98 Å². The summed E-state index contributed by atoms with van der Waals surface area (Å²) in [6, 6.07) is 0. The van der Waals surface area contributed by atoms with Crippen molar-refractivity contribution in [3.05, 3.63) is 18.2 Å². The molecule has 0 radical (unpaired) electrons. The summed E-state index contributed by atoms with van der Waals surface area (Å²) in [4.78, 5) is 20.4. The van der Waals surface area contributed by atoms with Crippen LogP contribution in [0.5, 0.6) is 0 Å². The van der Waals surface area contributed by atoms with Crippen LogP contribution in [-0.4, -0.2) is 27.8 Å². The number of imidazole rings is 1. The van der Waals surface area contributed by atoms with Crippen LogP contribution >= 0.6 is 0 Å². The van der Waals surface area contributed by atoms with Gasteiger partial charge in [0.15, 0.2) is 0 Å². The molecule has 0 fully saturated rings. The molecule has 1 amide bonds. The molecular weight excluding hydrogens is 178 g/mol.